The smallest absolute Gasteiger partial charge is 0.250 e. The number of benzene rings is 2. The number of aryl methyl sites for hydroxylation is 1. The van der Waals surface area contributed by atoms with Crippen molar-refractivity contribution in [2.45, 2.75) is 31.3 Å². The van der Waals surface area contributed by atoms with E-state index in [1.54, 1.807) is 6.07 Å². The van der Waals surface area contributed by atoms with Crippen LogP contribution in [0.5, 0.6) is 0 Å². The third kappa shape index (κ3) is 2.22. The number of carbonyl (C=O) groups excluding carboxylic acids is 3. The van der Waals surface area contributed by atoms with Crippen molar-refractivity contribution in [3.63, 3.8) is 0 Å². The van der Waals surface area contributed by atoms with Crippen molar-refractivity contribution in [2.75, 3.05) is 16.8 Å². The van der Waals surface area contributed by atoms with Crippen LogP contribution >= 0.6 is 15.9 Å². The Morgan fingerprint density at radius 1 is 1.13 bits per heavy atom. The van der Waals surface area contributed by atoms with Gasteiger partial charge in [-0.3, -0.25) is 19.3 Å². The van der Waals surface area contributed by atoms with E-state index in [-0.39, 0.29) is 17.9 Å². The van der Waals surface area contributed by atoms with Crippen molar-refractivity contribution in [2.24, 2.45) is 11.8 Å². The molecule has 4 atom stereocenters. The van der Waals surface area contributed by atoms with E-state index in [1.165, 1.54) is 23.1 Å². The number of amides is 3. The summed E-state index contributed by atoms with van der Waals surface area (Å²) in [5.74, 6) is -3.03. The van der Waals surface area contributed by atoms with Gasteiger partial charge in [-0.2, -0.15) is 0 Å². The van der Waals surface area contributed by atoms with Crippen LogP contribution in [0, 0.1) is 24.6 Å². The Morgan fingerprint density at radius 3 is 2.71 bits per heavy atom. The highest BCUT2D eigenvalue weighted by molar-refractivity contribution is 9.10. The molecule has 6 rings (SSSR count). The van der Waals surface area contributed by atoms with Gasteiger partial charge in [0, 0.05) is 21.8 Å². The van der Waals surface area contributed by atoms with Gasteiger partial charge in [0.15, 0.2) is 0 Å². The van der Waals surface area contributed by atoms with E-state index in [0.29, 0.717) is 28.0 Å². The molecule has 3 saturated heterocycles. The summed E-state index contributed by atoms with van der Waals surface area (Å²) in [5.41, 5.74) is 1.08. The van der Waals surface area contributed by atoms with E-state index in [4.69, 9.17) is 0 Å². The Hall–Kier alpha value is -2.58. The van der Waals surface area contributed by atoms with Gasteiger partial charge in [-0.25, -0.2) is 9.29 Å². The molecule has 0 bridgehead atoms. The Balaban J connectivity index is 1.57. The number of nitrogens with one attached hydrogen (secondary N) is 1. The lowest BCUT2D eigenvalue weighted by Crippen LogP contribution is -2.54. The Kier molecular flexibility index (Phi) is 3.85. The first-order valence-corrected chi connectivity index (χ1v) is 11.2. The summed E-state index contributed by atoms with van der Waals surface area (Å²) >= 11 is 3.49. The monoisotopic (exact) mass is 483 g/mol. The van der Waals surface area contributed by atoms with Gasteiger partial charge in [0.1, 0.15) is 11.4 Å². The van der Waals surface area contributed by atoms with Crippen LogP contribution in [0.4, 0.5) is 15.8 Å². The predicted octanol–water partition coefficient (Wildman–Crippen LogP) is 3.33. The Labute approximate surface area is 186 Å². The summed E-state index contributed by atoms with van der Waals surface area (Å²) in [4.78, 5) is 44.2. The van der Waals surface area contributed by atoms with Gasteiger partial charge in [0.05, 0.1) is 17.5 Å². The number of carbonyl (C=O) groups is 3. The van der Waals surface area contributed by atoms with Crippen molar-refractivity contribution in [1.82, 2.24) is 4.90 Å². The first-order chi connectivity index (χ1) is 14.9. The number of rotatable bonds is 1. The van der Waals surface area contributed by atoms with Crippen molar-refractivity contribution in [1.29, 1.82) is 0 Å². The van der Waals surface area contributed by atoms with Crippen LogP contribution in [0.2, 0.25) is 0 Å². The second kappa shape index (κ2) is 6.23. The maximum Gasteiger partial charge on any atom is 0.250 e. The molecule has 31 heavy (non-hydrogen) atoms. The summed E-state index contributed by atoms with van der Waals surface area (Å²) < 4.78 is 14.9. The number of halogens is 2. The molecule has 2 aromatic rings. The molecule has 0 saturated carbocycles. The SMILES string of the molecule is Cc1ccc(N2C(=O)C3C4CCCN4C4(C(=O)Nc5ccc(F)cc54)C3C2=O)c(Br)c1. The average Bonchev–Trinajstić information content (AvgIpc) is 3.42. The Bertz CT molecular complexity index is 1200. The summed E-state index contributed by atoms with van der Waals surface area (Å²) in [6.07, 6.45) is 1.55. The van der Waals surface area contributed by atoms with Crippen LogP contribution in [0.3, 0.4) is 0 Å². The molecule has 3 fully saturated rings. The number of fused-ring (bicyclic) bond motifs is 7. The molecule has 158 valence electrons. The van der Waals surface area contributed by atoms with Crippen LogP contribution < -0.4 is 10.2 Å². The fourth-order valence-corrected chi connectivity index (χ4v) is 6.88. The quantitative estimate of drug-likeness (QED) is 0.631. The second-order valence-corrected chi connectivity index (χ2v) is 9.64. The van der Waals surface area contributed by atoms with Crippen LogP contribution in [-0.2, 0) is 19.9 Å². The molecule has 8 heteroatoms. The standard InChI is InChI=1S/C23H19BrFN3O3/c1-11-4-7-16(14(24)9-11)28-20(29)18-17-3-2-8-27(17)23(19(18)21(28)30)13-10-12(25)5-6-15(13)26-22(23)31/h4-7,9-10,17-19H,2-3,8H2,1H3,(H,26,31). The number of imide groups is 1. The lowest BCUT2D eigenvalue weighted by atomic mass is 9.75. The van der Waals surface area contributed by atoms with Crippen molar-refractivity contribution < 1.29 is 18.8 Å². The van der Waals surface area contributed by atoms with E-state index in [1.807, 2.05) is 24.0 Å². The highest BCUT2D eigenvalue weighted by atomic mass is 79.9. The van der Waals surface area contributed by atoms with Gasteiger partial charge < -0.3 is 5.32 Å². The zero-order chi connectivity index (χ0) is 21.7. The minimum absolute atomic E-state index is 0.226. The molecule has 6 nitrogen and oxygen atoms in total. The zero-order valence-electron chi connectivity index (χ0n) is 16.7. The summed E-state index contributed by atoms with van der Waals surface area (Å²) in [6.45, 7) is 2.52. The molecular weight excluding hydrogens is 465 g/mol. The molecule has 0 aromatic heterocycles. The second-order valence-electron chi connectivity index (χ2n) is 8.78. The lowest BCUT2D eigenvalue weighted by Gasteiger charge is -2.36. The fraction of sp³-hybridized carbons (Fsp3) is 0.348. The van der Waals surface area contributed by atoms with E-state index in [2.05, 4.69) is 21.2 Å². The Morgan fingerprint density at radius 2 is 1.94 bits per heavy atom. The van der Waals surface area contributed by atoms with Crippen LogP contribution in [-0.4, -0.2) is 35.2 Å². The number of anilines is 2. The molecule has 0 radical (unpaired) electrons. The average molecular weight is 484 g/mol. The molecular formula is C23H19BrFN3O3. The van der Waals surface area contributed by atoms with E-state index < -0.39 is 29.1 Å². The van der Waals surface area contributed by atoms with Gasteiger partial charge in [-0.15, -0.1) is 0 Å². The highest BCUT2D eigenvalue weighted by Gasteiger charge is 2.74. The molecule has 1 spiro atoms. The summed E-state index contributed by atoms with van der Waals surface area (Å²) in [6, 6.07) is 9.39. The van der Waals surface area contributed by atoms with Crippen molar-refractivity contribution >= 4 is 45.0 Å². The summed E-state index contributed by atoms with van der Waals surface area (Å²) in [5, 5.41) is 2.85. The maximum absolute atomic E-state index is 14.3. The molecule has 2 aromatic carbocycles. The molecule has 0 aliphatic carbocycles. The van der Waals surface area contributed by atoms with Crippen LogP contribution in [0.15, 0.2) is 40.9 Å². The van der Waals surface area contributed by atoms with Crippen molar-refractivity contribution in [3.05, 3.63) is 57.8 Å². The third-order valence-electron chi connectivity index (χ3n) is 7.30. The number of nitrogens with zero attached hydrogens (tertiary/aromatic N) is 2. The van der Waals surface area contributed by atoms with E-state index >= 15 is 0 Å². The zero-order valence-corrected chi connectivity index (χ0v) is 18.3. The van der Waals surface area contributed by atoms with Gasteiger partial charge in [0.25, 0.3) is 0 Å². The third-order valence-corrected chi connectivity index (χ3v) is 7.93. The molecule has 4 aliphatic rings. The highest BCUT2D eigenvalue weighted by Crippen LogP contribution is 2.60. The van der Waals surface area contributed by atoms with Gasteiger partial charge in [0.2, 0.25) is 17.7 Å². The molecule has 1 N–H and O–H groups in total. The minimum atomic E-state index is -1.36. The van der Waals surface area contributed by atoms with E-state index in [9.17, 15) is 18.8 Å². The molecule has 3 amide bonds. The predicted molar refractivity (Wildman–Crippen MR) is 115 cm³/mol. The van der Waals surface area contributed by atoms with Gasteiger partial charge in [-0.05, 0) is 78.1 Å². The normalized spacial score (nSPS) is 31.4. The van der Waals surface area contributed by atoms with Crippen LogP contribution in [0.1, 0.15) is 24.0 Å². The van der Waals surface area contributed by atoms with Gasteiger partial charge >= 0.3 is 0 Å². The van der Waals surface area contributed by atoms with Crippen LogP contribution in [0.25, 0.3) is 0 Å². The molecule has 4 unspecified atom stereocenters. The largest absolute Gasteiger partial charge is 0.324 e. The summed E-state index contributed by atoms with van der Waals surface area (Å²) in [7, 11) is 0. The fourth-order valence-electron chi connectivity index (χ4n) is 6.21. The first kappa shape index (κ1) is 19.1. The number of hydrogen-bond donors (Lipinski definition) is 1. The molecule has 4 aliphatic heterocycles. The van der Waals surface area contributed by atoms with E-state index in [0.717, 1.165) is 18.4 Å². The topological polar surface area (TPSA) is 69.7 Å². The van der Waals surface area contributed by atoms with Gasteiger partial charge in [-0.1, -0.05) is 6.07 Å². The minimum Gasteiger partial charge on any atom is -0.324 e. The lowest BCUT2D eigenvalue weighted by molar-refractivity contribution is -0.135. The first-order valence-electron chi connectivity index (χ1n) is 10.4. The van der Waals surface area contributed by atoms with Crippen molar-refractivity contribution in [3.8, 4) is 0 Å². The number of hydrogen-bond acceptors (Lipinski definition) is 4. The maximum atomic E-state index is 14.3. The molecule has 4 heterocycles.